The van der Waals surface area contributed by atoms with Gasteiger partial charge in [-0.15, -0.1) is 0 Å². The van der Waals surface area contributed by atoms with E-state index in [4.69, 9.17) is 10.00 Å². The van der Waals surface area contributed by atoms with Crippen LogP contribution in [0.1, 0.15) is 12.0 Å². The van der Waals surface area contributed by atoms with Crippen molar-refractivity contribution in [3.05, 3.63) is 28.2 Å². The van der Waals surface area contributed by atoms with Crippen molar-refractivity contribution in [1.29, 1.82) is 5.26 Å². The van der Waals surface area contributed by atoms with E-state index >= 15 is 0 Å². The molecular weight excluding hydrogens is 249 g/mol. The van der Waals surface area contributed by atoms with Gasteiger partial charge < -0.3 is 4.74 Å². The highest BCUT2D eigenvalue weighted by Crippen LogP contribution is 2.22. The highest BCUT2D eigenvalue weighted by Gasteiger charge is 2.03. The van der Waals surface area contributed by atoms with Crippen molar-refractivity contribution in [1.82, 2.24) is 0 Å². The van der Waals surface area contributed by atoms with E-state index in [-0.39, 0.29) is 0 Å². The normalized spacial score (nSPS) is 9.50. The molecule has 4 heteroatoms. The monoisotopic (exact) mass is 257 g/mol. The number of hydrogen-bond acceptors (Lipinski definition) is 2. The molecule has 0 aliphatic heterocycles. The average Bonchev–Trinajstić information content (AvgIpc) is 2.20. The van der Waals surface area contributed by atoms with Crippen LogP contribution in [0.5, 0.6) is 5.75 Å². The summed E-state index contributed by atoms with van der Waals surface area (Å²) in [6.07, 6.45) is 0.348. The first kappa shape index (κ1) is 11.0. The predicted octanol–water partition coefficient (Wildman–Crippen LogP) is 3.06. The van der Waals surface area contributed by atoms with Crippen LogP contribution in [0.3, 0.4) is 0 Å². The van der Waals surface area contributed by atoms with Crippen molar-refractivity contribution in [3.8, 4) is 11.8 Å². The summed E-state index contributed by atoms with van der Waals surface area (Å²) < 4.78 is 17.9. The standard InChI is InChI=1S/C10H9BrFNO/c11-9-2-3-10(8(6-9)7-13)14-5-1-4-12/h2-3,6H,1,4-5H2. The molecule has 1 rings (SSSR count). The molecule has 0 spiro atoms. The van der Waals surface area contributed by atoms with Crippen LogP contribution in [0.4, 0.5) is 4.39 Å². The second-order valence-corrected chi connectivity index (χ2v) is 3.56. The molecule has 0 saturated carbocycles. The van der Waals surface area contributed by atoms with E-state index < -0.39 is 6.67 Å². The van der Waals surface area contributed by atoms with Crippen LogP contribution >= 0.6 is 15.9 Å². The molecule has 0 aliphatic carbocycles. The van der Waals surface area contributed by atoms with Crippen molar-refractivity contribution in [2.24, 2.45) is 0 Å². The van der Waals surface area contributed by atoms with Crippen LogP contribution in [-0.4, -0.2) is 13.3 Å². The quantitative estimate of drug-likeness (QED) is 0.777. The van der Waals surface area contributed by atoms with Gasteiger partial charge in [0.2, 0.25) is 0 Å². The topological polar surface area (TPSA) is 33.0 Å². The third-order valence-electron chi connectivity index (χ3n) is 1.60. The zero-order valence-corrected chi connectivity index (χ0v) is 9.05. The van der Waals surface area contributed by atoms with Crippen molar-refractivity contribution >= 4 is 15.9 Å². The van der Waals surface area contributed by atoms with Crippen LogP contribution in [0.25, 0.3) is 0 Å². The molecule has 0 N–H and O–H groups in total. The van der Waals surface area contributed by atoms with Gasteiger partial charge >= 0.3 is 0 Å². The Balaban J connectivity index is 2.72. The molecular formula is C10H9BrFNO. The number of benzene rings is 1. The van der Waals surface area contributed by atoms with E-state index in [1.165, 1.54) is 0 Å². The van der Waals surface area contributed by atoms with Gasteiger partial charge in [0.05, 0.1) is 18.8 Å². The lowest BCUT2D eigenvalue weighted by atomic mass is 10.2. The van der Waals surface area contributed by atoms with E-state index in [1.54, 1.807) is 18.2 Å². The highest BCUT2D eigenvalue weighted by molar-refractivity contribution is 9.10. The Morgan fingerprint density at radius 2 is 2.29 bits per heavy atom. The lowest BCUT2D eigenvalue weighted by Gasteiger charge is -2.06. The molecule has 74 valence electrons. The third-order valence-corrected chi connectivity index (χ3v) is 2.09. The molecule has 1 aromatic rings. The van der Waals surface area contributed by atoms with Crippen LogP contribution in [-0.2, 0) is 0 Å². The van der Waals surface area contributed by atoms with Crippen LogP contribution in [0, 0.1) is 11.3 Å². The van der Waals surface area contributed by atoms with Gasteiger partial charge in [-0.3, -0.25) is 4.39 Å². The van der Waals surface area contributed by atoms with Gasteiger partial charge in [-0.25, -0.2) is 0 Å². The maximum atomic E-state index is 11.8. The Morgan fingerprint density at radius 1 is 1.50 bits per heavy atom. The van der Waals surface area contributed by atoms with E-state index in [0.29, 0.717) is 24.3 Å². The molecule has 0 unspecified atom stereocenters. The second-order valence-electron chi connectivity index (χ2n) is 2.64. The molecule has 0 aromatic heterocycles. The summed E-state index contributed by atoms with van der Waals surface area (Å²) in [5.74, 6) is 0.504. The zero-order valence-electron chi connectivity index (χ0n) is 7.46. The summed E-state index contributed by atoms with van der Waals surface area (Å²) in [6, 6.07) is 7.16. The first-order valence-electron chi connectivity index (χ1n) is 4.16. The largest absolute Gasteiger partial charge is 0.492 e. The lowest BCUT2D eigenvalue weighted by Crippen LogP contribution is -1.99. The number of ether oxygens (including phenoxy) is 1. The molecule has 0 aliphatic rings. The molecule has 0 saturated heterocycles. The van der Waals surface area contributed by atoms with E-state index in [2.05, 4.69) is 15.9 Å². The Hall–Kier alpha value is -1.08. The van der Waals surface area contributed by atoms with Crippen molar-refractivity contribution in [2.45, 2.75) is 6.42 Å². The Morgan fingerprint density at radius 3 is 2.93 bits per heavy atom. The minimum atomic E-state index is -0.404. The number of nitriles is 1. The molecule has 0 atom stereocenters. The van der Waals surface area contributed by atoms with Gasteiger partial charge in [0.25, 0.3) is 0 Å². The van der Waals surface area contributed by atoms with E-state index in [9.17, 15) is 4.39 Å². The molecule has 0 heterocycles. The fourth-order valence-corrected chi connectivity index (χ4v) is 1.31. The van der Waals surface area contributed by atoms with E-state index in [0.717, 1.165) is 4.47 Å². The number of rotatable bonds is 4. The first-order valence-corrected chi connectivity index (χ1v) is 4.95. The van der Waals surface area contributed by atoms with Crippen molar-refractivity contribution in [3.63, 3.8) is 0 Å². The van der Waals surface area contributed by atoms with Gasteiger partial charge in [-0.2, -0.15) is 5.26 Å². The summed E-state index contributed by atoms with van der Waals surface area (Å²) in [5.41, 5.74) is 0.457. The number of hydrogen-bond donors (Lipinski definition) is 0. The van der Waals surface area contributed by atoms with Gasteiger partial charge in [0.1, 0.15) is 11.8 Å². The molecule has 1 aromatic carbocycles. The van der Waals surface area contributed by atoms with Gasteiger partial charge in [0, 0.05) is 10.9 Å². The van der Waals surface area contributed by atoms with Gasteiger partial charge in [-0.05, 0) is 18.2 Å². The Kier molecular flexibility index (Phi) is 4.41. The lowest BCUT2D eigenvalue weighted by molar-refractivity contribution is 0.289. The minimum absolute atomic E-state index is 0.298. The number of nitrogens with zero attached hydrogens (tertiary/aromatic N) is 1. The Labute approximate surface area is 90.4 Å². The molecule has 0 radical (unpaired) electrons. The van der Waals surface area contributed by atoms with Crippen LogP contribution in [0.15, 0.2) is 22.7 Å². The average molecular weight is 258 g/mol. The first-order chi connectivity index (χ1) is 6.77. The van der Waals surface area contributed by atoms with Crippen LogP contribution < -0.4 is 4.74 Å². The fraction of sp³-hybridized carbons (Fsp3) is 0.300. The highest BCUT2D eigenvalue weighted by atomic mass is 79.9. The molecule has 0 amide bonds. The van der Waals surface area contributed by atoms with Gasteiger partial charge in [-0.1, -0.05) is 15.9 Å². The summed E-state index contributed by atoms with van der Waals surface area (Å²) in [4.78, 5) is 0. The maximum Gasteiger partial charge on any atom is 0.137 e. The molecule has 0 fully saturated rings. The second kappa shape index (κ2) is 5.61. The zero-order chi connectivity index (χ0) is 10.4. The summed E-state index contributed by atoms with van der Waals surface area (Å²) in [7, 11) is 0. The maximum absolute atomic E-state index is 11.8. The predicted molar refractivity (Wildman–Crippen MR) is 54.9 cm³/mol. The molecule has 14 heavy (non-hydrogen) atoms. The van der Waals surface area contributed by atoms with Gasteiger partial charge in [0.15, 0.2) is 0 Å². The SMILES string of the molecule is N#Cc1cc(Br)ccc1OCCCF. The number of alkyl halides is 1. The smallest absolute Gasteiger partial charge is 0.137 e. The van der Waals surface area contributed by atoms with Crippen LogP contribution in [0.2, 0.25) is 0 Å². The van der Waals surface area contributed by atoms with Crippen molar-refractivity contribution < 1.29 is 9.13 Å². The molecule has 0 bridgehead atoms. The summed E-state index contributed by atoms with van der Waals surface area (Å²) in [5, 5.41) is 8.77. The molecule has 2 nitrogen and oxygen atoms in total. The summed E-state index contributed by atoms with van der Waals surface area (Å²) >= 11 is 3.25. The van der Waals surface area contributed by atoms with E-state index in [1.807, 2.05) is 6.07 Å². The van der Waals surface area contributed by atoms with Crippen molar-refractivity contribution in [2.75, 3.05) is 13.3 Å². The Bertz CT molecular complexity index is 348. The number of halogens is 2. The fourth-order valence-electron chi connectivity index (χ4n) is 0.952. The summed E-state index contributed by atoms with van der Waals surface area (Å²) in [6.45, 7) is -0.106. The third kappa shape index (κ3) is 3.00. The minimum Gasteiger partial charge on any atom is -0.492 e.